The Bertz CT molecular complexity index is 407. The molecule has 0 saturated carbocycles. The molecule has 0 amide bonds. The number of benzene rings is 1. The fraction of sp³-hybridized carbons (Fsp3) is 0.300. The topological polar surface area (TPSA) is 26.3 Å². The van der Waals surface area contributed by atoms with Crippen molar-refractivity contribution in [1.82, 2.24) is 0 Å². The molecule has 0 aliphatic rings. The van der Waals surface area contributed by atoms with Crippen molar-refractivity contribution in [2.45, 2.75) is 13.3 Å². The largest absolute Gasteiger partial charge is 0.491 e. The molecule has 16 heavy (non-hydrogen) atoms. The van der Waals surface area contributed by atoms with Gasteiger partial charge in [0.2, 0.25) is 5.78 Å². The third-order valence-electron chi connectivity index (χ3n) is 1.80. The molecule has 0 bridgehead atoms. The van der Waals surface area contributed by atoms with Crippen molar-refractivity contribution in [2.24, 2.45) is 0 Å². The average Bonchev–Trinajstić information content (AvgIpc) is 2.22. The van der Waals surface area contributed by atoms with Gasteiger partial charge in [0.05, 0.1) is 12.2 Å². The summed E-state index contributed by atoms with van der Waals surface area (Å²) < 4.78 is 42.9. The molecular weight excluding hydrogens is 289 g/mol. The van der Waals surface area contributed by atoms with Crippen LogP contribution >= 0.6 is 15.9 Å². The van der Waals surface area contributed by atoms with Crippen LogP contribution < -0.4 is 4.74 Å². The van der Waals surface area contributed by atoms with Gasteiger partial charge in [0.15, 0.2) is 11.6 Å². The lowest BCUT2D eigenvalue weighted by atomic mass is 10.1. The van der Waals surface area contributed by atoms with Crippen LogP contribution in [0.2, 0.25) is 0 Å². The number of ether oxygens (including phenoxy) is 1. The van der Waals surface area contributed by atoms with Crippen LogP contribution in [-0.2, 0) is 0 Å². The van der Waals surface area contributed by atoms with Crippen molar-refractivity contribution in [1.29, 1.82) is 0 Å². The van der Waals surface area contributed by atoms with E-state index >= 15 is 0 Å². The van der Waals surface area contributed by atoms with Crippen LogP contribution in [0, 0.1) is 5.82 Å². The van der Waals surface area contributed by atoms with Crippen molar-refractivity contribution in [2.75, 3.05) is 6.61 Å². The maximum Gasteiger partial charge on any atom is 0.300 e. The number of rotatable bonds is 4. The Labute approximate surface area is 98.5 Å². The van der Waals surface area contributed by atoms with Crippen LogP contribution in [-0.4, -0.2) is 18.8 Å². The molecule has 0 aromatic heterocycles. The minimum atomic E-state index is -3.25. The third-order valence-corrected chi connectivity index (χ3v) is 2.46. The van der Waals surface area contributed by atoms with E-state index in [0.29, 0.717) is 0 Å². The fourth-order valence-corrected chi connectivity index (χ4v) is 1.64. The number of halogens is 4. The van der Waals surface area contributed by atoms with Gasteiger partial charge in [-0.05, 0) is 35.0 Å². The predicted octanol–water partition coefficient (Wildman–Crippen LogP) is 3.43. The highest BCUT2D eigenvalue weighted by Crippen LogP contribution is 2.29. The van der Waals surface area contributed by atoms with Gasteiger partial charge in [-0.25, -0.2) is 13.2 Å². The van der Waals surface area contributed by atoms with Crippen molar-refractivity contribution in [3.05, 3.63) is 28.0 Å². The standard InChI is InChI=1S/C10H8BrF3O2/c1-2-16-6-4-3-5(11)7(8(6)12)9(15)10(13)14/h3-4,10H,2H2,1H3. The monoisotopic (exact) mass is 296 g/mol. The van der Waals surface area contributed by atoms with Crippen LogP contribution in [0.5, 0.6) is 5.75 Å². The van der Waals surface area contributed by atoms with E-state index < -0.39 is 23.6 Å². The Balaban J connectivity index is 3.26. The van der Waals surface area contributed by atoms with Gasteiger partial charge < -0.3 is 4.74 Å². The first kappa shape index (κ1) is 13.0. The lowest BCUT2D eigenvalue weighted by Crippen LogP contribution is -2.14. The zero-order chi connectivity index (χ0) is 12.3. The normalized spacial score (nSPS) is 10.6. The summed E-state index contributed by atoms with van der Waals surface area (Å²) in [4.78, 5) is 11.1. The van der Waals surface area contributed by atoms with E-state index in [4.69, 9.17) is 4.74 Å². The highest BCUT2D eigenvalue weighted by Gasteiger charge is 2.26. The molecule has 2 nitrogen and oxygen atoms in total. The first-order valence-corrected chi connectivity index (χ1v) is 5.21. The Hall–Kier alpha value is -1.04. The lowest BCUT2D eigenvalue weighted by molar-refractivity contribution is 0.0672. The Morgan fingerprint density at radius 1 is 1.50 bits per heavy atom. The Kier molecular flexibility index (Phi) is 4.35. The third kappa shape index (κ3) is 2.55. The van der Waals surface area contributed by atoms with E-state index in [1.807, 2.05) is 0 Å². The van der Waals surface area contributed by atoms with Crippen LogP contribution in [0.1, 0.15) is 17.3 Å². The van der Waals surface area contributed by atoms with Crippen molar-refractivity contribution in [3.8, 4) is 5.75 Å². The highest BCUT2D eigenvalue weighted by molar-refractivity contribution is 9.10. The Morgan fingerprint density at radius 2 is 2.12 bits per heavy atom. The van der Waals surface area contributed by atoms with Crippen LogP contribution in [0.25, 0.3) is 0 Å². The molecule has 0 radical (unpaired) electrons. The molecule has 0 aliphatic carbocycles. The van der Waals surface area contributed by atoms with Gasteiger partial charge in [0, 0.05) is 4.47 Å². The first-order chi connectivity index (χ1) is 7.49. The number of Topliss-reactive ketones (excluding diaryl/α,β-unsaturated/α-hetero) is 1. The summed E-state index contributed by atoms with van der Waals surface area (Å²) in [6.07, 6.45) is -3.25. The number of alkyl halides is 2. The molecule has 0 spiro atoms. The molecule has 0 aliphatic heterocycles. The zero-order valence-electron chi connectivity index (χ0n) is 8.27. The lowest BCUT2D eigenvalue weighted by Gasteiger charge is -2.09. The number of hydrogen-bond acceptors (Lipinski definition) is 2. The quantitative estimate of drug-likeness (QED) is 0.796. The summed E-state index contributed by atoms with van der Waals surface area (Å²) in [6, 6.07) is 2.56. The maximum atomic E-state index is 13.6. The number of hydrogen-bond donors (Lipinski definition) is 0. The van der Waals surface area contributed by atoms with Gasteiger partial charge in [-0.15, -0.1) is 0 Å². The van der Waals surface area contributed by atoms with Crippen LogP contribution in [0.3, 0.4) is 0 Å². The molecule has 0 N–H and O–H groups in total. The molecule has 1 aromatic rings. The predicted molar refractivity (Wildman–Crippen MR) is 55.6 cm³/mol. The second-order valence-corrected chi connectivity index (χ2v) is 3.69. The summed E-state index contributed by atoms with van der Waals surface area (Å²) in [5.41, 5.74) is -0.680. The molecule has 6 heteroatoms. The SMILES string of the molecule is CCOc1ccc(Br)c(C(=O)C(F)F)c1F. The molecule has 0 atom stereocenters. The minimum absolute atomic E-state index is 0.0150. The molecule has 0 unspecified atom stereocenters. The van der Waals surface area contributed by atoms with Gasteiger partial charge >= 0.3 is 6.43 Å². The van der Waals surface area contributed by atoms with E-state index in [0.717, 1.165) is 0 Å². The van der Waals surface area contributed by atoms with Crippen molar-refractivity contribution >= 4 is 21.7 Å². The molecule has 88 valence electrons. The number of carbonyl (C=O) groups excluding carboxylic acids is 1. The summed E-state index contributed by atoms with van der Waals surface area (Å²) in [5, 5.41) is 0. The van der Waals surface area contributed by atoms with Crippen molar-refractivity contribution in [3.63, 3.8) is 0 Å². The summed E-state index contributed by atoms with van der Waals surface area (Å²) in [7, 11) is 0. The Morgan fingerprint density at radius 3 is 2.62 bits per heavy atom. The second kappa shape index (κ2) is 5.34. The van der Waals surface area contributed by atoms with Crippen molar-refractivity contribution < 1.29 is 22.7 Å². The van der Waals surface area contributed by atoms with E-state index in [2.05, 4.69) is 15.9 Å². The van der Waals surface area contributed by atoms with E-state index in [1.54, 1.807) is 6.92 Å². The molecule has 1 rings (SSSR count). The second-order valence-electron chi connectivity index (χ2n) is 2.83. The van der Waals surface area contributed by atoms with Gasteiger partial charge in [0.25, 0.3) is 0 Å². The van der Waals surface area contributed by atoms with Gasteiger partial charge in [-0.1, -0.05) is 0 Å². The average molecular weight is 297 g/mol. The zero-order valence-corrected chi connectivity index (χ0v) is 9.85. The highest BCUT2D eigenvalue weighted by atomic mass is 79.9. The van der Waals surface area contributed by atoms with Gasteiger partial charge in [0.1, 0.15) is 0 Å². The minimum Gasteiger partial charge on any atom is -0.491 e. The summed E-state index contributed by atoms with van der Waals surface area (Å²) in [5.74, 6) is -2.85. The first-order valence-electron chi connectivity index (χ1n) is 4.42. The van der Waals surface area contributed by atoms with Crippen LogP contribution in [0.15, 0.2) is 16.6 Å². The molecule has 0 heterocycles. The summed E-state index contributed by atoms with van der Waals surface area (Å²) >= 11 is 2.85. The van der Waals surface area contributed by atoms with Gasteiger partial charge in [-0.2, -0.15) is 0 Å². The number of ketones is 1. The van der Waals surface area contributed by atoms with Crippen LogP contribution in [0.4, 0.5) is 13.2 Å². The fourth-order valence-electron chi connectivity index (χ4n) is 1.14. The molecule has 0 saturated heterocycles. The smallest absolute Gasteiger partial charge is 0.300 e. The molecular formula is C10H8BrF3O2. The van der Waals surface area contributed by atoms with E-state index in [1.165, 1.54) is 12.1 Å². The number of carbonyl (C=O) groups is 1. The maximum absolute atomic E-state index is 13.6. The molecule has 0 fully saturated rings. The van der Waals surface area contributed by atoms with E-state index in [9.17, 15) is 18.0 Å². The van der Waals surface area contributed by atoms with Gasteiger partial charge in [-0.3, -0.25) is 4.79 Å². The van der Waals surface area contributed by atoms with E-state index in [-0.39, 0.29) is 16.8 Å². The molecule has 1 aromatic carbocycles. The summed E-state index contributed by atoms with van der Waals surface area (Å²) in [6.45, 7) is 1.80.